The summed E-state index contributed by atoms with van der Waals surface area (Å²) in [5.41, 5.74) is 3.57. The average Bonchev–Trinajstić information content (AvgIpc) is 3.24. The molecule has 0 aliphatic heterocycles. The van der Waals surface area contributed by atoms with Crippen LogP contribution in [0.3, 0.4) is 0 Å². The molecular formula is C18H27N. The molecule has 2 saturated carbocycles. The highest BCUT2D eigenvalue weighted by atomic mass is 14.9. The van der Waals surface area contributed by atoms with E-state index in [0.717, 1.165) is 12.5 Å². The van der Waals surface area contributed by atoms with Crippen LogP contribution in [0.2, 0.25) is 0 Å². The molecule has 0 aromatic heterocycles. The molecule has 1 heteroatoms. The van der Waals surface area contributed by atoms with Crippen LogP contribution in [-0.4, -0.2) is 6.54 Å². The molecule has 2 aliphatic rings. The highest BCUT2D eigenvalue weighted by Crippen LogP contribution is 2.40. The smallest absolute Gasteiger partial charge is 0.0205 e. The Kier molecular flexibility index (Phi) is 3.93. The van der Waals surface area contributed by atoms with Gasteiger partial charge in [-0.25, -0.2) is 0 Å². The second-order valence-corrected chi connectivity index (χ2v) is 6.99. The minimum absolute atomic E-state index is 0.548. The Hall–Kier alpha value is -0.820. The minimum atomic E-state index is 0.548. The summed E-state index contributed by atoms with van der Waals surface area (Å²) in [6.07, 6.45) is 9.90. The van der Waals surface area contributed by atoms with Crippen LogP contribution in [0.1, 0.15) is 68.9 Å². The zero-order chi connectivity index (χ0) is 13.1. The summed E-state index contributed by atoms with van der Waals surface area (Å²) in [6.45, 7) is 4.68. The third-order valence-corrected chi connectivity index (χ3v) is 4.94. The fourth-order valence-corrected chi connectivity index (χ4v) is 3.46. The van der Waals surface area contributed by atoms with E-state index >= 15 is 0 Å². The molecular weight excluding hydrogens is 230 g/mol. The molecule has 0 saturated heterocycles. The molecule has 1 aromatic carbocycles. The van der Waals surface area contributed by atoms with Crippen LogP contribution in [0.15, 0.2) is 24.3 Å². The minimum Gasteiger partial charge on any atom is -0.312 e. The molecule has 0 amide bonds. The van der Waals surface area contributed by atoms with Gasteiger partial charge >= 0.3 is 0 Å². The number of hydrogen-bond acceptors (Lipinski definition) is 1. The van der Waals surface area contributed by atoms with E-state index in [0.29, 0.717) is 5.41 Å². The van der Waals surface area contributed by atoms with Crippen LogP contribution in [0.4, 0.5) is 0 Å². The molecule has 0 heterocycles. The number of benzene rings is 1. The van der Waals surface area contributed by atoms with Gasteiger partial charge in [0.05, 0.1) is 0 Å². The molecule has 0 unspecified atom stereocenters. The third kappa shape index (κ3) is 3.60. The quantitative estimate of drug-likeness (QED) is 0.811. The van der Waals surface area contributed by atoms with Gasteiger partial charge in [-0.15, -0.1) is 0 Å². The first kappa shape index (κ1) is 13.2. The van der Waals surface area contributed by atoms with Gasteiger partial charge < -0.3 is 5.32 Å². The van der Waals surface area contributed by atoms with E-state index in [-0.39, 0.29) is 0 Å². The van der Waals surface area contributed by atoms with Crippen molar-refractivity contribution in [1.82, 2.24) is 5.32 Å². The fourth-order valence-electron chi connectivity index (χ4n) is 3.46. The second kappa shape index (κ2) is 5.66. The maximum atomic E-state index is 3.70. The Balaban J connectivity index is 1.50. The van der Waals surface area contributed by atoms with Gasteiger partial charge in [-0.05, 0) is 48.1 Å². The van der Waals surface area contributed by atoms with Crippen molar-refractivity contribution < 1.29 is 0 Å². The van der Waals surface area contributed by atoms with Gasteiger partial charge in [0, 0.05) is 13.1 Å². The van der Waals surface area contributed by atoms with Crippen molar-refractivity contribution in [3.05, 3.63) is 35.4 Å². The zero-order valence-electron chi connectivity index (χ0n) is 12.3. The normalized spacial score (nSPS) is 22.4. The van der Waals surface area contributed by atoms with E-state index in [1.165, 1.54) is 57.1 Å². The van der Waals surface area contributed by atoms with Crippen LogP contribution >= 0.6 is 0 Å². The van der Waals surface area contributed by atoms with E-state index < -0.39 is 0 Å². The van der Waals surface area contributed by atoms with Crippen molar-refractivity contribution in [2.45, 2.75) is 64.3 Å². The lowest BCUT2D eigenvalue weighted by Gasteiger charge is -2.33. The summed E-state index contributed by atoms with van der Waals surface area (Å²) in [5, 5.41) is 3.70. The second-order valence-electron chi connectivity index (χ2n) is 6.99. The SMILES string of the molecule is CC1(CNCc2cccc(C3CC3)c2)CCCCC1. The highest BCUT2D eigenvalue weighted by Gasteiger charge is 2.26. The summed E-state index contributed by atoms with van der Waals surface area (Å²) < 4.78 is 0. The summed E-state index contributed by atoms with van der Waals surface area (Å²) in [5.74, 6) is 0.871. The Morgan fingerprint density at radius 2 is 1.95 bits per heavy atom. The van der Waals surface area contributed by atoms with Crippen molar-refractivity contribution in [3.8, 4) is 0 Å². The zero-order valence-corrected chi connectivity index (χ0v) is 12.3. The molecule has 0 radical (unpaired) electrons. The lowest BCUT2D eigenvalue weighted by molar-refractivity contribution is 0.207. The molecule has 104 valence electrons. The fraction of sp³-hybridized carbons (Fsp3) is 0.667. The number of rotatable bonds is 5. The summed E-state index contributed by atoms with van der Waals surface area (Å²) in [7, 11) is 0. The molecule has 2 aliphatic carbocycles. The van der Waals surface area contributed by atoms with Crippen LogP contribution < -0.4 is 5.32 Å². The summed E-state index contributed by atoms with van der Waals surface area (Å²) in [6, 6.07) is 9.20. The largest absolute Gasteiger partial charge is 0.312 e. The number of hydrogen-bond donors (Lipinski definition) is 1. The lowest BCUT2D eigenvalue weighted by atomic mass is 9.76. The highest BCUT2D eigenvalue weighted by molar-refractivity contribution is 5.29. The van der Waals surface area contributed by atoms with E-state index in [4.69, 9.17) is 0 Å². The molecule has 0 atom stereocenters. The van der Waals surface area contributed by atoms with Crippen LogP contribution in [-0.2, 0) is 6.54 Å². The Labute approximate surface area is 117 Å². The summed E-state index contributed by atoms with van der Waals surface area (Å²) >= 11 is 0. The van der Waals surface area contributed by atoms with E-state index in [9.17, 15) is 0 Å². The van der Waals surface area contributed by atoms with E-state index in [1.807, 2.05) is 0 Å². The molecule has 1 N–H and O–H groups in total. The Morgan fingerprint density at radius 3 is 2.68 bits per heavy atom. The van der Waals surface area contributed by atoms with E-state index in [2.05, 4.69) is 36.5 Å². The molecule has 2 fully saturated rings. The van der Waals surface area contributed by atoms with Gasteiger partial charge in [0.2, 0.25) is 0 Å². The van der Waals surface area contributed by atoms with Gasteiger partial charge in [-0.3, -0.25) is 0 Å². The average molecular weight is 257 g/mol. The van der Waals surface area contributed by atoms with Crippen molar-refractivity contribution in [2.75, 3.05) is 6.54 Å². The standard InChI is InChI=1S/C18H27N/c1-18(10-3-2-4-11-18)14-19-13-15-6-5-7-17(12-15)16-8-9-16/h5-7,12,16,19H,2-4,8-11,13-14H2,1H3. The third-order valence-electron chi connectivity index (χ3n) is 4.94. The van der Waals surface area contributed by atoms with Crippen LogP contribution in [0, 0.1) is 5.41 Å². The van der Waals surface area contributed by atoms with Gasteiger partial charge in [0.25, 0.3) is 0 Å². The monoisotopic (exact) mass is 257 g/mol. The Bertz CT molecular complexity index is 413. The van der Waals surface area contributed by atoms with E-state index in [1.54, 1.807) is 5.56 Å². The van der Waals surface area contributed by atoms with Gasteiger partial charge in [0.15, 0.2) is 0 Å². The van der Waals surface area contributed by atoms with Gasteiger partial charge in [-0.1, -0.05) is 50.5 Å². The Morgan fingerprint density at radius 1 is 1.16 bits per heavy atom. The molecule has 1 nitrogen and oxygen atoms in total. The van der Waals surface area contributed by atoms with Crippen molar-refractivity contribution in [2.24, 2.45) is 5.41 Å². The lowest BCUT2D eigenvalue weighted by Crippen LogP contribution is -2.33. The molecule has 0 bridgehead atoms. The van der Waals surface area contributed by atoms with Crippen LogP contribution in [0.5, 0.6) is 0 Å². The maximum Gasteiger partial charge on any atom is 0.0205 e. The molecule has 1 aromatic rings. The summed E-state index contributed by atoms with van der Waals surface area (Å²) in [4.78, 5) is 0. The van der Waals surface area contributed by atoms with Crippen molar-refractivity contribution in [3.63, 3.8) is 0 Å². The first-order chi connectivity index (χ1) is 9.25. The maximum absolute atomic E-state index is 3.70. The van der Waals surface area contributed by atoms with Gasteiger partial charge in [-0.2, -0.15) is 0 Å². The topological polar surface area (TPSA) is 12.0 Å². The van der Waals surface area contributed by atoms with Gasteiger partial charge in [0.1, 0.15) is 0 Å². The first-order valence-corrected chi connectivity index (χ1v) is 8.05. The van der Waals surface area contributed by atoms with Crippen molar-refractivity contribution >= 4 is 0 Å². The number of nitrogens with one attached hydrogen (secondary N) is 1. The first-order valence-electron chi connectivity index (χ1n) is 8.05. The molecule has 0 spiro atoms. The van der Waals surface area contributed by atoms with Crippen LogP contribution in [0.25, 0.3) is 0 Å². The predicted octanol–water partition coefficient (Wildman–Crippen LogP) is 4.62. The molecule has 19 heavy (non-hydrogen) atoms. The predicted molar refractivity (Wildman–Crippen MR) is 81.3 cm³/mol. The molecule has 3 rings (SSSR count). The van der Waals surface area contributed by atoms with Crippen molar-refractivity contribution in [1.29, 1.82) is 0 Å².